The van der Waals surface area contributed by atoms with Gasteiger partial charge in [-0.25, -0.2) is 4.68 Å². The molecule has 0 saturated carbocycles. The van der Waals surface area contributed by atoms with Crippen molar-refractivity contribution >= 4 is 11.6 Å². The zero-order valence-electron chi connectivity index (χ0n) is 12.7. The van der Waals surface area contributed by atoms with Gasteiger partial charge in [0.15, 0.2) is 0 Å². The maximum absolute atomic E-state index is 12.3. The van der Waals surface area contributed by atoms with E-state index in [9.17, 15) is 4.79 Å². The molecule has 1 heterocycles. The van der Waals surface area contributed by atoms with Crippen molar-refractivity contribution in [3.05, 3.63) is 77.6 Å². The number of anilines is 1. The van der Waals surface area contributed by atoms with E-state index in [1.165, 1.54) is 0 Å². The average Bonchev–Trinajstić information content (AvgIpc) is 3.01. The minimum atomic E-state index is -0.191. The second-order valence-electron chi connectivity index (χ2n) is 5.24. The molecule has 2 aromatic carbocycles. The van der Waals surface area contributed by atoms with E-state index in [2.05, 4.69) is 10.4 Å². The highest BCUT2D eigenvalue weighted by Gasteiger charge is 2.07. The van der Waals surface area contributed by atoms with Crippen LogP contribution < -0.4 is 5.32 Å². The van der Waals surface area contributed by atoms with Gasteiger partial charge in [0.1, 0.15) is 0 Å². The van der Waals surface area contributed by atoms with Crippen LogP contribution in [0.1, 0.15) is 21.6 Å². The van der Waals surface area contributed by atoms with Crippen molar-refractivity contribution < 1.29 is 9.90 Å². The van der Waals surface area contributed by atoms with E-state index >= 15 is 0 Å². The second-order valence-corrected chi connectivity index (χ2v) is 5.24. The number of hydrogen-bond donors (Lipinski definition) is 2. The van der Waals surface area contributed by atoms with Crippen molar-refractivity contribution in [2.45, 2.75) is 13.5 Å². The van der Waals surface area contributed by atoms with Gasteiger partial charge in [-0.05, 0) is 55.0 Å². The summed E-state index contributed by atoms with van der Waals surface area (Å²) >= 11 is 0. The fourth-order valence-corrected chi connectivity index (χ4v) is 2.34. The van der Waals surface area contributed by atoms with E-state index in [0.717, 1.165) is 16.9 Å². The maximum Gasteiger partial charge on any atom is 0.255 e. The SMILES string of the molecule is Cc1ccnn1-c1ccc(C(=O)Nc2cccc(CO)c2)cc1. The molecule has 0 atom stereocenters. The van der Waals surface area contributed by atoms with Gasteiger partial charge in [-0.15, -0.1) is 0 Å². The molecule has 0 radical (unpaired) electrons. The molecule has 3 aromatic rings. The molecular weight excluding hydrogens is 290 g/mol. The summed E-state index contributed by atoms with van der Waals surface area (Å²) < 4.78 is 1.81. The Labute approximate surface area is 134 Å². The number of hydrogen-bond acceptors (Lipinski definition) is 3. The van der Waals surface area contributed by atoms with Crippen molar-refractivity contribution in [3.8, 4) is 5.69 Å². The number of carbonyl (C=O) groups is 1. The van der Waals surface area contributed by atoms with Crippen LogP contribution in [-0.2, 0) is 6.61 Å². The van der Waals surface area contributed by atoms with Crippen molar-refractivity contribution in [1.82, 2.24) is 9.78 Å². The van der Waals surface area contributed by atoms with Gasteiger partial charge in [-0.3, -0.25) is 4.79 Å². The molecular formula is C18H17N3O2. The lowest BCUT2D eigenvalue weighted by Crippen LogP contribution is -2.12. The van der Waals surface area contributed by atoms with Crippen LogP contribution in [0.5, 0.6) is 0 Å². The summed E-state index contributed by atoms with van der Waals surface area (Å²) in [5.74, 6) is -0.191. The molecule has 3 rings (SSSR count). The molecule has 0 bridgehead atoms. The molecule has 23 heavy (non-hydrogen) atoms. The molecule has 5 nitrogen and oxygen atoms in total. The first-order valence-electron chi connectivity index (χ1n) is 7.29. The topological polar surface area (TPSA) is 67.2 Å². The first kappa shape index (κ1) is 15.0. The van der Waals surface area contributed by atoms with Crippen LogP contribution in [0, 0.1) is 6.92 Å². The summed E-state index contributed by atoms with van der Waals surface area (Å²) in [6, 6.07) is 16.3. The first-order valence-corrected chi connectivity index (χ1v) is 7.29. The predicted molar refractivity (Wildman–Crippen MR) is 88.6 cm³/mol. The van der Waals surface area contributed by atoms with Gasteiger partial charge in [-0.2, -0.15) is 5.10 Å². The number of nitrogens with one attached hydrogen (secondary N) is 1. The van der Waals surface area contributed by atoms with Gasteiger partial charge < -0.3 is 10.4 Å². The third kappa shape index (κ3) is 3.30. The highest BCUT2D eigenvalue weighted by Crippen LogP contribution is 2.15. The average molecular weight is 307 g/mol. The van der Waals surface area contributed by atoms with E-state index in [-0.39, 0.29) is 12.5 Å². The fraction of sp³-hybridized carbons (Fsp3) is 0.111. The summed E-state index contributed by atoms with van der Waals surface area (Å²) in [6.07, 6.45) is 1.74. The highest BCUT2D eigenvalue weighted by molar-refractivity contribution is 6.04. The molecule has 0 aliphatic carbocycles. The summed E-state index contributed by atoms with van der Waals surface area (Å²) in [7, 11) is 0. The number of aryl methyl sites for hydroxylation is 1. The van der Waals surface area contributed by atoms with E-state index in [0.29, 0.717) is 11.3 Å². The summed E-state index contributed by atoms with van der Waals surface area (Å²) in [5, 5.41) is 16.2. The monoisotopic (exact) mass is 307 g/mol. The minimum Gasteiger partial charge on any atom is -0.392 e. The number of aliphatic hydroxyl groups excluding tert-OH is 1. The van der Waals surface area contributed by atoms with E-state index in [4.69, 9.17) is 5.11 Å². The maximum atomic E-state index is 12.3. The molecule has 1 aromatic heterocycles. The van der Waals surface area contributed by atoms with E-state index in [1.54, 1.807) is 42.6 Å². The molecule has 0 fully saturated rings. The zero-order chi connectivity index (χ0) is 16.2. The van der Waals surface area contributed by atoms with E-state index in [1.807, 2.05) is 29.8 Å². The Morgan fingerprint density at radius 3 is 2.61 bits per heavy atom. The Morgan fingerprint density at radius 2 is 1.96 bits per heavy atom. The minimum absolute atomic E-state index is 0.0539. The Bertz CT molecular complexity index is 822. The second kappa shape index (κ2) is 6.46. The fourth-order valence-electron chi connectivity index (χ4n) is 2.34. The lowest BCUT2D eigenvalue weighted by Gasteiger charge is -2.08. The van der Waals surface area contributed by atoms with Gasteiger partial charge in [0, 0.05) is 23.1 Å². The van der Waals surface area contributed by atoms with Crippen LogP contribution >= 0.6 is 0 Å². The van der Waals surface area contributed by atoms with Gasteiger partial charge in [-0.1, -0.05) is 12.1 Å². The van der Waals surface area contributed by atoms with Gasteiger partial charge in [0.25, 0.3) is 5.91 Å². The molecule has 116 valence electrons. The highest BCUT2D eigenvalue weighted by atomic mass is 16.3. The number of aliphatic hydroxyl groups is 1. The smallest absolute Gasteiger partial charge is 0.255 e. The molecule has 0 aliphatic heterocycles. The predicted octanol–water partition coefficient (Wildman–Crippen LogP) is 2.93. The molecule has 1 amide bonds. The summed E-state index contributed by atoms with van der Waals surface area (Å²) in [5.41, 5.74) is 3.92. The lowest BCUT2D eigenvalue weighted by atomic mass is 10.1. The van der Waals surface area contributed by atoms with Crippen LogP contribution in [0.4, 0.5) is 5.69 Å². The summed E-state index contributed by atoms with van der Waals surface area (Å²) in [4.78, 5) is 12.3. The number of rotatable bonds is 4. The molecule has 0 saturated heterocycles. The normalized spacial score (nSPS) is 10.5. The lowest BCUT2D eigenvalue weighted by molar-refractivity contribution is 0.102. The standard InChI is InChI=1S/C18H17N3O2/c1-13-9-10-19-21(13)17-7-5-15(6-8-17)18(23)20-16-4-2-3-14(11-16)12-22/h2-11,22H,12H2,1H3,(H,20,23). The van der Waals surface area contributed by atoms with Crippen molar-refractivity contribution in [3.63, 3.8) is 0 Å². The van der Waals surface area contributed by atoms with E-state index < -0.39 is 0 Å². The number of carbonyl (C=O) groups excluding carboxylic acids is 1. The van der Waals surface area contributed by atoms with Gasteiger partial charge >= 0.3 is 0 Å². The Morgan fingerprint density at radius 1 is 1.17 bits per heavy atom. The Hall–Kier alpha value is -2.92. The third-order valence-corrected chi connectivity index (χ3v) is 3.57. The zero-order valence-corrected chi connectivity index (χ0v) is 12.7. The quantitative estimate of drug-likeness (QED) is 0.779. The molecule has 5 heteroatoms. The number of amides is 1. The van der Waals surface area contributed by atoms with Crippen LogP contribution in [-0.4, -0.2) is 20.8 Å². The number of nitrogens with zero attached hydrogens (tertiary/aromatic N) is 2. The molecule has 0 aliphatic rings. The largest absolute Gasteiger partial charge is 0.392 e. The third-order valence-electron chi connectivity index (χ3n) is 3.57. The Kier molecular flexibility index (Phi) is 4.21. The molecule has 0 unspecified atom stereocenters. The van der Waals surface area contributed by atoms with Gasteiger partial charge in [0.2, 0.25) is 0 Å². The van der Waals surface area contributed by atoms with Crippen molar-refractivity contribution in [1.29, 1.82) is 0 Å². The number of aromatic nitrogens is 2. The van der Waals surface area contributed by atoms with Gasteiger partial charge in [0.05, 0.1) is 12.3 Å². The number of benzene rings is 2. The molecule has 0 spiro atoms. The summed E-state index contributed by atoms with van der Waals surface area (Å²) in [6.45, 7) is 1.92. The molecule has 2 N–H and O–H groups in total. The van der Waals surface area contributed by atoms with Crippen molar-refractivity contribution in [2.24, 2.45) is 0 Å². The van der Waals surface area contributed by atoms with Crippen LogP contribution in [0.15, 0.2) is 60.8 Å². The Balaban J connectivity index is 1.76. The first-order chi connectivity index (χ1) is 11.2. The van der Waals surface area contributed by atoms with Crippen LogP contribution in [0.2, 0.25) is 0 Å². The van der Waals surface area contributed by atoms with Crippen molar-refractivity contribution in [2.75, 3.05) is 5.32 Å². The van der Waals surface area contributed by atoms with Crippen LogP contribution in [0.3, 0.4) is 0 Å². The van der Waals surface area contributed by atoms with Crippen LogP contribution in [0.25, 0.3) is 5.69 Å².